The minimum Gasteiger partial charge on any atom is -0.491 e. The molecular weight excluding hydrogens is 266 g/mol. The van der Waals surface area contributed by atoms with Gasteiger partial charge < -0.3 is 14.4 Å². The van der Waals surface area contributed by atoms with Crippen LogP contribution in [0.4, 0.5) is 0 Å². The van der Waals surface area contributed by atoms with Crippen LogP contribution in [0, 0.1) is 0 Å². The fourth-order valence-electron chi connectivity index (χ4n) is 1.58. The molecule has 0 radical (unpaired) electrons. The Kier molecular flexibility index (Phi) is 7.30. The highest BCUT2D eigenvalue weighted by atomic mass is 35.5. The number of ether oxygens (including phenoxy) is 2. The minimum absolute atomic E-state index is 0.166. The molecule has 0 aliphatic rings. The first-order chi connectivity index (χ1) is 9.13. The third-order valence-corrected chi connectivity index (χ3v) is 3.03. The van der Waals surface area contributed by atoms with Crippen molar-refractivity contribution in [3.8, 4) is 5.75 Å². The zero-order valence-corrected chi connectivity index (χ0v) is 12.2. The number of benzene rings is 1. The number of likely N-dealkylation sites (N-methyl/N-ethyl adjacent to an activating group) is 1. The second kappa shape index (κ2) is 8.77. The van der Waals surface area contributed by atoms with Crippen molar-refractivity contribution >= 4 is 17.6 Å². The molecule has 5 heteroatoms. The molecule has 0 aliphatic heterocycles. The van der Waals surface area contributed by atoms with Crippen molar-refractivity contribution in [1.29, 1.82) is 0 Å². The van der Waals surface area contributed by atoms with E-state index in [-0.39, 0.29) is 5.97 Å². The molecule has 4 nitrogen and oxygen atoms in total. The molecular formula is C14H20ClNO3. The van der Waals surface area contributed by atoms with E-state index in [4.69, 9.17) is 16.3 Å². The van der Waals surface area contributed by atoms with Crippen molar-refractivity contribution in [2.45, 2.75) is 12.8 Å². The number of methoxy groups -OCH3 is 1. The number of carbonyl (C=O) groups excluding carboxylic acids is 1. The first-order valence-electron chi connectivity index (χ1n) is 6.26. The van der Waals surface area contributed by atoms with Gasteiger partial charge in [-0.1, -0.05) is 23.7 Å². The van der Waals surface area contributed by atoms with E-state index in [1.165, 1.54) is 7.11 Å². The van der Waals surface area contributed by atoms with E-state index in [1.54, 1.807) is 6.07 Å². The average molecular weight is 286 g/mol. The van der Waals surface area contributed by atoms with Crippen LogP contribution >= 0.6 is 11.6 Å². The number of para-hydroxylation sites is 1. The fourth-order valence-corrected chi connectivity index (χ4v) is 1.77. The van der Waals surface area contributed by atoms with E-state index in [0.29, 0.717) is 23.8 Å². The summed E-state index contributed by atoms with van der Waals surface area (Å²) in [4.78, 5) is 13.1. The van der Waals surface area contributed by atoms with Gasteiger partial charge in [-0.3, -0.25) is 4.79 Å². The van der Waals surface area contributed by atoms with E-state index in [2.05, 4.69) is 9.64 Å². The molecule has 0 bridgehead atoms. The van der Waals surface area contributed by atoms with Crippen LogP contribution in [0.2, 0.25) is 5.02 Å². The first kappa shape index (κ1) is 15.8. The Bertz CT molecular complexity index is 398. The molecule has 0 amide bonds. The van der Waals surface area contributed by atoms with E-state index in [0.717, 1.165) is 19.5 Å². The SMILES string of the molecule is COC(=O)CCCN(C)CCOc1ccccc1Cl. The van der Waals surface area contributed by atoms with Crippen molar-refractivity contribution in [3.05, 3.63) is 29.3 Å². The number of hydrogen-bond acceptors (Lipinski definition) is 4. The first-order valence-corrected chi connectivity index (χ1v) is 6.64. The molecule has 1 rings (SSSR count). The second-order valence-electron chi connectivity index (χ2n) is 4.26. The molecule has 0 aliphatic carbocycles. The molecule has 0 heterocycles. The molecule has 0 unspecified atom stereocenters. The van der Waals surface area contributed by atoms with Crippen molar-refractivity contribution in [2.75, 3.05) is 33.9 Å². The van der Waals surface area contributed by atoms with Crippen molar-refractivity contribution in [2.24, 2.45) is 0 Å². The summed E-state index contributed by atoms with van der Waals surface area (Å²) in [7, 11) is 3.40. The third-order valence-electron chi connectivity index (χ3n) is 2.72. The molecule has 1 aromatic carbocycles. The standard InChI is InChI=1S/C14H20ClNO3/c1-16(9-5-8-14(17)18-2)10-11-19-13-7-4-3-6-12(13)15/h3-4,6-7H,5,8-11H2,1-2H3. The Morgan fingerprint density at radius 3 is 2.74 bits per heavy atom. The molecule has 1 aromatic rings. The molecule has 0 aromatic heterocycles. The van der Waals surface area contributed by atoms with Gasteiger partial charge in [0, 0.05) is 13.0 Å². The Hall–Kier alpha value is -1.26. The van der Waals surface area contributed by atoms with Crippen LogP contribution in [-0.2, 0) is 9.53 Å². The van der Waals surface area contributed by atoms with E-state index < -0.39 is 0 Å². The second-order valence-corrected chi connectivity index (χ2v) is 4.67. The van der Waals surface area contributed by atoms with Crippen LogP contribution in [-0.4, -0.2) is 44.7 Å². The van der Waals surface area contributed by atoms with Crippen molar-refractivity contribution in [3.63, 3.8) is 0 Å². The Morgan fingerprint density at radius 1 is 1.32 bits per heavy atom. The monoisotopic (exact) mass is 285 g/mol. The lowest BCUT2D eigenvalue weighted by atomic mass is 10.3. The molecule has 19 heavy (non-hydrogen) atoms. The third kappa shape index (κ3) is 6.45. The summed E-state index contributed by atoms with van der Waals surface area (Å²) in [5.74, 6) is 0.535. The lowest BCUT2D eigenvalue weighted by molar-refractivity contribution is -0.140. The highest BCUT2D eigenvalue weighted by Gasteiger charge is 2.04. The van der Waals surface area contributed by atoms with Crippen LogP contribution in [0.15, 0.2) is 24.3 Å². The van der Waals surface area contributed by atoms with E-state index in [1.807, 2.05) is 25.2 Å². The lowest BCUT2D eigenvalue weighted by Gasteiger charge is -2.16. The zero-order valence-electron chi connectivity index (χ0n) is 11.4. The van der Waals surface area contributed by atoms with Crippen molar-refractivity contribution < 1.29 is 14.3 Å². The van der Waals surface area contributed by atoms with Crippen LogP contribution < -0.4 is 4.74 Å². The normalized spacial score (nSPS) is 10.5. The fraction of sp³-hybridized carbons (Fsp3) is 0.500. The van der Waals surface area contributed by atoms with Gasteiger partial charge in [-0.2, -0.15) is 0 Å². The van der Waals surface area contributed by atoms with Crippen molar-refractivity contribution in [1.82, 2.24) is 4.90 Å². The Labute approximate surface area is 119 Å². The van der Waals surface area contributed by atoms with Crippen LogP contribution in [0.3, 0.4) is 0 Å². The van der Waals surface area contributed by atoms with Gasteiger partial charge in [0.1, 0.15) is 12.4 Å². The average Bonchev–Trinajstić information content (AvgIpc) is 2.40. The molecule has 0 saturated carbocycles. The maximum absolute atomic E-state index is 10.9. The minimum atomic E-state index is -0.166. The summed E-state index contributed by atoms with van der Waals surface area (Å²) in [5.41, 5.74) is 0. The van der Waals surface area contributed by atoms with Gasteiger partial charge in [-0.25, -0.2) is 0 Å². The summed E-state index contributed by atoms with van der Waals surface area (Å²) in [6.45, 7) is 2.19. The summed E-state index contributed by atoms with van der Waals surface area (Å²) >= 11 is 5.98. The van der Waals surface area contributed by atoms with Gasteiger partial charge >= 0.3 is 5.97 Å². The Morgan fingerprint density at radius 2 is 2.05 bits per heavy atom. The zero-order chi connectivity index (χ0) is 14.1. The van der Waals surface area contributed by atoms with Gasteiger partial charge in [-0.05, 0) is 32.1 Å². The number of halogens is 1. The summed E-state index contributed by atoms with van der Waals surface area (Å²) in [6, 6.07) is 7.41. The smallest absolute Gasteiger partial charge is 0.305 e. The predicted molar refractivity (Wildman–Crippen MR) is 75.7 cm³/mol. The predicted octanol–water partition coefficient (Wildman–Crippen LogP) is 2.60. The maximum atomic E-state index is 10.9. The maximum Gasteiger partial charge on any atom is 0.305 e. The summed E-state index contributed by atoms with van der Waals surface area (Å²) < 4.78 is 10.2. The highest BCUT2D eigenvalue weighted by molar-refractivity contribution is 6.32. The van der Waals surface area contributed by atoms with E-state index >= 15 is 0 Å². The van der Waals surface area contributed by atoms with Crippen LogP contribution in [0.25, 0.3) is 0 Å². The molecule has 0 saturated heterocycles. The summed E-state index contributed by atoms with van der Waals surface area (Å²) in [6.07, 6.45) is 1.24. The highest BCUT2D eigenvalue weighted by Crippen LogP contribution is 2.22. The van der Waals surface area contributed by atoms with Gasteiger partial charge in [0.2, 0.25) is 0 Å². The number of esters is 1. The van der Waals surface area contributed by atoms with Gasteiger partial charge in [0.15, 0.2) is 0 Å². The molecule has 0 atom stereocenters. The van der Waals surface area contributed by atoms with E-state index in [9.17, 15) is 4.79 Å². The summed E-state index contributed by atoms with van der Waals surface area (Å²) in [5, 5.41) is 0.621. The van der Waals surface area contributed by atoms with Gasteiger partial charge in [0.05, 0.1) is 12.1 Å². The lowest BCUT2D eigenvalue weighted by Crippen LogP contribution is -2.25. The van der Waals surface area contributed by atoms with Gasteiger partial charge in [-0.15, -0.1) is 0 Å². The number of nitrogens with zero attached hydrogens (tertiary/aromatic N) is 1. The largest absolute Gasteiger partial charge is 0.491 e. The molecule has 106 valence electrons. The number of carbonyl (C=O) groups is 1. The molecule has 0 N–H and O–H groups in total. The quantitative estimate of drug-likeness (QED) is 0.688. The van der Waals surface area contributed by atoms with Gasteiger partial charge in [0.25, 0.3) is 0 Å². The molecule has 0 spiro atoms. The van der Waals surface area contributed by atoms with Crippen LogP contribution in [0.5, 0.6) is 5.75 Å². The number of rotatable bonds is 8. The number of hydrogen-bond donors (Lipinski definition) is 0. The van der Waals surface area contributed by atoms with Crippen LogP contribution in [0.1, 0.15) is 12.8 Å². The Balaban J connectivity index is 2.15. The topological polar surface area (TPSA) is 38.8 Å². The molecule has 0 fully saturated rings.